The average Bonchev–Trinajstić information content (AvgIpc) is 3.15. The Labute approximate surface area is 306 Å². The van der Waals surface area contributed by atoms with E-state index >= 15 is 0 Å². The van der Waals surface area contributed by atoms with E-state index in [4.69, 9.17) is 15.8 Å². The van der Waals surface area contributed by atoms with Crippen LogP contribution >= 0.6 is 15.8 Å². The zero-order chi connectivity index (χ0) is 34.0. The third-order valence-electron chi connectivity index (χ3n) is 7.14. The molecule has 7 heteroatoms. The minimum Gasteiger partial charge on any atom is -0.262 e. The van der Waals surface area contributed by atoms with E-state index in [1.165, 1.54) is 45.7 Å². The first kappa shape index (κ1) is 39.1. The zero-order valence-electron chi connectivity index (χ0n) is 27.3. The van der Waals surface area contributed by atoms with Crippen molar-refractivity contribution in [3.8, 4) is 12.1 Å². The summed E-state index contributed by atoms with van der Waals surface area (Å²) in [5.74, 6) is -0.157. The van der Waals surface area contributed by atoms with Crippen LogP contribution in [0.1, 0.15) is 13.8 Å². The maximum absolute atomic E-state index is 8.29. The van der Waals surface area contributed by atoms with Gasteiger partial charge in [0.1, 0.15) is 0 Å². The largest absolute Gasteiger partial charge is 0.262 e. The topological polar surface area (TPSA) is 77.0 Å². The quantitative estimate of drug-likeness (QED) is 0.0565. The molecule has 6 aromatic carbocycles. The van der Waals surface area contributed by atoms with Crippen LogP contribution in [0.5, 0.6) is 0 Å². The minimum atomic E-state index is -1.19. The van der Waals surface area contributed by atoms with E-state index in [1.807, 2.05) is 0 Å². The van der Waals surface area contributed by atoms with Crippen LogP contribution in [0.15, 0.2) is 182 Å². The number of hydrogen-bond donors (Lipinski definition) is 1. The maximum atomic E-state index is 8.29. The standard InChI is InChI=1S/2C18H15P.C6H7N2O2.Pd/c2*1-4-10-16(11-5-1)19(17-12-6-2-7-13-17)18-14-8-3-9-15-18;1-6(2,10-9)5(3-7)4-8;/h2*1-15H;9H,1-2H3;/q;;-1;. The molecule has 0 fully saturated rings. The average molecular weight is 770 g/mol. The van der Waals surface area contributed by atoms with Gasteiger partial charge in [0.2, 0.25) is 0 Å². The van der Waals surface area contributed by atoms with E-state index < -0.39 is 21.4 Å². The van der Waals surface area contributed by atoms with Crippen LogP contribution in [0, 0.1) is 28.6 Å². The SMILES string of the molecule is CC(C)(OO)[C-](C#N)C#N.[Pd].c1ccc(P(c2ccccc2)c2ccccc2)cc1.c1ccc(P(c2ccccc2)c2ccccc2)cc1. The first-order valence-electron chi connectivity index (χ1n) is 15.4. The predicted molar refractivity (Wildman–Crippen MR) is 203 cm³/mol. The molecule has 0 saturated heterocycles. The summed E-state index contributed by atoms with van der Waals surface area (Å²) in [5.41, 5.74) is -1.19. The third kappa shape index (κ3) is 11.6. The first-order valence-corrected chi connectivity index (χ1v) is 18.1. The van der Waals surface area contributed by atoms with Gasteiger partial charge in [-0.25, -0.2) is 10.5 Å². The Hall–Kier alpha value is -4.39. The summed E-state index contributed by atoms with van der Waals surface area (Å²) >= 11 is 0. The molecule has 0 atom stereocenters. The van der Waals surface area contributed by atoms with Gasteiger partial charge in [-0.15, -0.1) is 5.92 Å². The molecular weight excluding hydrogens is 733 g/mol. The summed E-state index contributed by atoms with van der Waals surface area (Å²) in [6.07, 6.45) is 0. The molecule has 0 radical (unpaired) electrons. The van der Waals surface area contributed by atoms with Crippen molar-refractivity contribution >= 4 is 47.7 Å². The molecule has 4 nitrogen and oxygen atoms in total. The fourth-order valence-corrected chi connectivity index (χ4v) is 9.31. The molecule has 0 saturated carbocycles. The van der Waals surface area contributed by atoms with Gasteiger partial charge in [-0.2, -0.15) is 0 Å². The van der Waals surface area contributed by atoms with Crippen LogP contribution in [0.3, 0.4) is 0 Å². The Morgan fingerprint density at radius 3 is 0.755 bits per heavy atom. The summed E-state index contributed by atoms with van der Waals surface area (Å²) in [5, 5.41) is 33.2. The number of hydrogen-bond acceptors (Lipinski definition) is 4. The molecule has 0 aliphatic heterocycles. The second-order valence-electron chi connectivity index (χ2n) is 10.9. The van der Waals surface area contributed by atoms with Crippen molar-refractivity contribution in [2.75, 3.05) is 0 Å². The number of rotatable bonds is 8. The van der Waals surface area contributed by atoms with Crippen molar-refractivity contribution in [3.05, 3.63) is 188 Å². The molecular formula is C42H37N2O2P2Pd-. The smallest absolute Gasteiger partial charge is 0.0159 e. The van der Waals surface area contributed by atoms with E-state index in [2.05, 4.69) is 187 Å². The van der Waals surface area contributed by atoms with Crippen LogP contribution in [0.2, 0.25) is 0 Å². The summed E-state index contributed by atoms with van der Waals surface area (Å²) in [4.78, 5) is 3.90. The molecule has 248 valence electrons. The van der Waals surface area contributed by atoms with Crippen LogP contribution in [0.4, 0.5) is 0 Å². The Morgan fingerprint density at radius 1 is 0.449 bits per heavy atom. The fraction of sp³-hybridized carbons (Fsp3) is 0.0714. The van der Waals surface area contributed by atoms with Gasteiger partial charge in [-0.3, -0.25) is 10.1 Å². The van der Waals surface area contributed by atoms with E-state index in [0.29, 0.717) is 0 Å². The molecule has 6 aromatic rings. The van der Waals surface area contributed by atoms with Gasteiger partial charge in [0.15, 0.2) is 0 Å². The van der Waals surface area contributed by atoms with Crippen LogP contribution < -0.4 is 31.8 Å². The van der Waals surface area contributed by atoms with Crippen LogP contribution in [-0.4, -0.2) is 10.9 Å². The number of nitriles is 2. The molecule has 0 aromatic heterocycles. The van der Waals surface area contributed by atoms with E-state index in [0.717, 1.165) is 0 Å². The van der Waals surface area contributed by atoms with Crippen molar-refractivity contribution in [1.82, 2.24) is 0 Å². The van der Waals surface area contributed by atoms with Crippen molar-refractivity contribution in [2.24, 2.45) is 0 Å². The molecule has 6 rings (SSSR count). The van der Waals surface area contributed by atoms with Crippen molar-refractivity contribution in [1.29, 1.82) is 10.5 Å². The van der Waals surface area contributed by atoms with Crippen molar-refractivity contribution in [2.45, 2.75) is 19.4 Å². The van der Waals surface area contributed by atoms with Gasteiger partial charge in [0.05, 0.1) is 0 Å². The second kappa shape index (κ2) is 20.9. The molecule has 0 unspecified atom stereocenters. The first-order chi connectivity index (χ1) is 23.5. The Kier molecular flexibility index (Phi) is 16.6. The second-order valence-corrected chi connectivity index (χ2v) is 15.3. The predicted octanol–water partition coefficient (Wildman–Crippen LogP) is 7.76. The maximum Gasteiger partial charge on any atom is 0.0159 e. The molecule has 0 bridgehead atoms. The summed E-state index contributed by atoms with van der Waals surface area (Å²) in [7, 11) is -0.892. The van der Waals surface area contributed by atoms with Crippen molar-refractivity contribution in [3.63, 3.8) is 0 Å². The molecule has 49 heavy (non-hydrogen) atoms. The van der Waals surface area contributed by atoms with Crippen molar-refractivity contribution < 1.29 is 30.6 Å². The summed E-state index contributed by atoms with van der Waals surface area (Å²) < 4.78 is 0. The van der Waals surface area contributed by atoms with Gasteiger partial charge in [-0.1, -0.05) is 208 Å². The molecule has 0 heterocycles. The van der Waals surface area contributed by atoms with E-state index in [1.54, 1.807) is 12.1 Å². The zero-order valence-corrected chi connectivity index (χ0v) is 30.6. The number of benzene rings is 6. The molecule has 0 amide bonds. The number of nitrogens with zero attached hydrogens (tertiary/aromatic N) is 2. The van der Waals surface area contributed by atoms with E-state index in [9.17, 15) is 0 Å². The Balaban J connectivity index is 0.000000208. The van der Waals surface area contributed by atoms with Gasteiger partial charge in [-0.05, 0) is 47.7 Å². The Bertz CT molecular complexity index is 1530. The third-order valence-corrected chi connectivity index (χ3v) is 12.0. The summed E-state index contributed by atoms with van der Waals surface area (Å²) in [6, 6.07) is 67.9. The fourth-order valence-electron chi connectivity index (χ4n) is 4.70. The normalized spacial score (nSPS) is 10.2. The van der Waals surface area contributed by atoms with Gasteiger partial charge < -0.3 is 0 Å². The minimum absolute atomic E-state index is 0. The Morgan fingerprint density at radius 2 is 0.633 bits per heavy atom. The molecule has 1 N–H and O–H groups in total. The van der Waals surface area contributed by atoms with Crippen LogP contribution in [-0.2, 0) is 25.3 Å². The van der Waals surface area contributed by atoms with Gasteiger partial charge >= 0.3 is 0 Å². The van der Waals surface area contributed by atoms with Crippen LogP contribution in [0.25, 0.3) is 0 Å². The van der Waals surface area contributed by atoms with Gasteiger partial charge in [0.25, 0.3) is 0 Å². The molecule has 0 spiro atoms. The molecule has 0 aliphatic carbocycles. The van der Waals surface area contributed by atoms with E-state index in [-0.39, 0.29) is 26.3 Å². The van der Waals surface area contributed by atoms with Gasteiger partial charge in [0, 0.05) is 26.0 Å². The molecule has 0 aliphatic rings. The summed E-state index contributed by atoms with van der Waals surface area (Å²) in [6.45, 7) is 2.85. The monoisotopic (exact) mass is 769 g/mol.